The largest absolute Gasteiger partial charge is 0.497 e. The lowest BCUT2D eigenvalue weighted by Gasteiger charge is -2.44. The Morgan fingerprint density at radius 2 is 1.88 bits per heavy atom. The molecule has 0 saturated heterocycles. The van der Waals surface area contributed by atoms with Crippen LogP contribution in [0.2, 0.25) is 0 Å². The second-order valence-corrected chi connectivity index (χ2v) is 7.91. The van der Waals surface area contributed by atoms with Gasteiger partial charge in [-0.05, 0) is 72.3 Å². The molecule has 3 aliphatic rings. The number of rotatable bonds is 3. The summed E-state index contributed by atoms with van der Waals surface area (Å²) in [6.45, 7) is 0. The summed E-state index contributed by atoms with van der Waals surface area (Å²) in [4.78, 5) is 11.8. The van der Waals surface area contributed by atoms with Gasteiger partial charge in [0.25, 0.3) is 0 Å². The van der Waals surface area contributed by atoms with E-state index in [4.69, 9.17) is 4.74 Å². The van der Waals surface area contributed by atoms with Crippen LogP contribution in [0.25, 0.3) is 0 Å². The van der Waals surface area contributed by atoms with Crippen molar-refractivity contribution in [1.82, 2.24) is 0 Å². The summed E-state index contributed by atoms with van der Waals surface area (Å²) in [5.74, 6) is 2.42. The Balaban J connectivity index is 1.64. The number of para-hydroxylation sites is 1. The molecule has 5 rings (SSSR count). The summed E-state index contributed by atoms with van der Waals surface area (Å²) in [6.07, 6.45) is 3.85. The molecule has 2 aromatic rings. The first-order valence-corrected chi connectivity index (χ1v) is 9.44. The molecule has 2 N–H and O–H groups in total. The molecule has 2 bridgehead atoms. The molecule has 5 unspecified atom stereocenters. The molecule has 134 valence electrons. The first kappa shape index (κ1) is 15.7. The van der Waals surface area contributed by atoms with E-state index in [0.717, 1.165) is 17.4 Å². The number of methoxy groups -OCH3 is 1. The number of ether oxygens (including phenoxy) is 1. The van der Waals surface area contributed by atoms with Crippen LogP contribution in [-0.4, -0.2) is 18.2 Å². The first-order chi connectivity index (χ1) is 12.7. The number of fused-ring (bicyclic) bond motifs is 7. The van der Waals surface area contributed by atoms with Gasteiger partial charge in [0.05, 0.1) is 24.4 Å². The van der Waals surface area contributed by atoms with E-state index in [-0.39, 0.29) is 6.04 Å². The van der Waals surface area contributed by atoms with Crippen LogP contribution < -0.4 is 10.1 Å². The Kier molecular flexibility index (Phi) is 3.49. The maximum absolute atomic E-state index is 11.8. The maximum atomic E-state index is 11.8. The number of carbonyl (C=O) groups is 1. The SMILES string of the molecule is COc1ccc(C2Nc3c(C(=O)O)cccc3C3C4CCC(C4)C23)cc1. The normalized spacial score (nSPS) is 31.0. The Labute approximate surface area is 153 Å². The van der Waals surface area contributed by atoms with Crippen molar-refractivity contribution in [3.05, 3.63) is 59.2 Å². The molecule has 0 aromatic heterocycles. The fraction of sp³-hybridized carbons (Fsp3) is 0.409. The summed E-state index contributed by atoms with van der Waals surface area (Å²) >= 11 is 0. The van der Waals surface area contributed by atoms with Gasteiger partial charge in [0.1, 0.15) is 5.75 Å². The molecule has 2 aromatic carbocycles. The van der Waals surface area contributed by atoms with Crippen molar-refractivity contribution in [2.45, 2.75) is 31.2 Å². The van der Waals surface area contributed by atoms with Crippen molar-refractivity contribution in [2.24, 2.45) is 17.8 Å². The number of aromatic carboxylic acids is 1. The third kappa shape index (κ3) is 2.17. The van der Waals surface area contributed by atoms with Crippen LogP contribution in [0.15, 0.2) is 42.5 Å². The van der Waals surface area contributed by atoms with Gasteiger partial charge in [0.15, 0.2) is 0 Å². The van der Waals surface area contributed by atoms with Gasteiger partial charge in [-0.25, -0.2) is 4.79 Å². The van der Waals surface area contributed by atoms with Gasteiger partial charge in [-0.3, -0.25) is 0 Å². The van der Waals surface area contributed by atoms with Crippen LogP contribution >= 0.6 is 0 Å². The van der Waals surface area contributed by atoms with Gasteiger partial charge in [-0.1, -0.05) is 24.3 Å². The Morgan fingerprint density at radius 3 is 2.62 bits per heavy atom. The molecule has 2 fully saturated rings. The number of anilines is 1. The molecule has 4 heteroatoms. The van der Waals surface area contributed by atoms with E-state index in [1.165, 1.54) is 30.4 Å². The zero-order valence-electron chi connectivity index (χ0n) is 14.8. The lowest BCUT2D eigenvalue weighted by molar-refractivity contribution is 0.0697. The van der Waals surface area contributed by atoms with Gasteiger partial charge in [-0.15, -0.1) is 0 Å². The number of carboxylic acid groups (broad SMARTS) is 1. The summed E-state index contributed by atoms with van der Waals surface area (Å²) in [6, 6.07) is 14.1. The van der Waals surface area contributed by atoms with Gasteiger partial charge in [0, 0.05) is 0 Å². The quantitative estimate of drug-likeness (QED) is 0.844. The number of hydrogen-bond donors (Lipinski definition) is 2. The van der Waals surface area contributed by atoms with Crippen LogP contribution in [0, 0.1) is 17.8 Å². The monoisotopic (exact) mass is 349 g/mol. The van der Waals surface area contributed by atoms with E-state index in [0.29, 0.717) is 23.3 Å². The van der Waals surface area contributed by atoms with Crippen molar-refractivity contribution < 1.29 is 14.6 Å². The van der Waals surface area contributed by atoms with E-state index in [9.17, 15) is 9.90 Å². The van der Waals surface area contributed by atoms with Crippen LogP contribution in [0.4, 0.5) is 5.69 Å². The maximum Gasteiger partial charge on any atom is 0.337 e. The third-order valence-electron chi connectivity index (χ3n) is 6.83. The van der Waals surface area contributed by atoms with Crippen LogP contribution in [-0.2, 0) is 0 Å². The van der Waals surface area contributed by atoms with E-state index in [1.807, 2.05) is 18.2 Å². The average molecular weight is 349 g/mol. The molecular formula is C22H23NO3. The van der Waals surface area contributed by atoms with Crippen molar-refractivity contribution in [1.29, 1.82) is 0 Å². The molecule has 0 amide bonds. The highest BCUT2D eigenvalue weighted by atomic mass is 16.5. The first-order valence-electron chi connectivity index (χ1n) is 9.44. The van der Waals surface area contributed by atoms with Crippen molar-refractivity contribution >= 4 is 11.7 Å². The molecule has 5 atom stereocenters. The fourth-order valence-electron chi connectivity index (χ4n) is 5.83. The lowest BCUT2D eigenvalue weighted by atomic mass is 9.67. The smallest absolute Gasteiger partial charge is 0.337 e. The number of hydrogen-bond acceptors (Lipinski definition) is 3. The highest BCUT2D eigenvalue weighted by Gasteiger charge is 2.54. The Bertz CT molecular complexity index is 860. The third-order valence-corrected chi connectivity index (χ3v) is 6.83. The van der Waals surface area contributed by atoms with E-state index < -0.39 is 5.97 Å². The lowest BCUT2D eigenvalue weighted by Crippen LogP contribution is -2.36. The summed E-state index contributed by atoms with van der Waals surface area (Å²) in [5, 5.41) is 13.3. The summed E-state index contributed by atoms with van der Waals surface area (Å²) in [7, 11) is 1.68. The predicted molar refractivity (Wildman–Crippen MR) is 99.8 cm³/mol. The van der Waals surface area contributed by atoms with Gasteiger partial charge in [-0.2, -0.15) is 0 Å². The summed E-state index contributed by atoms with van der Waals surface area (Å²) < 4.78 is 5.30. The molecule has 1 aliphatic heterocycles. The molecule has 1 heterocycles. The van der Waals surface area contributed by atoms with Gasteiger partial charge < -0.3 is 15.2 Å². The topological polar surface area (TPSA) is 58.6 Å². The Morgan fingerprint density at radius 1 is 1.12 bits per heavy atom. The second kappa shape index (κ2) is 5.76. The van der Waals surface area contributed by atoms with Crippen molar-refractivity contribution in [2.75, 3.05) is 12.4 Å². The highest BCUT2D eigenvalue weighted by molar-refractivity contribution is 5.95. The minimum Gasteiger partial charge on any atom is -0.497 e. The highest BCUT2D eigenvalue weighted by Crippen LogP contribution is 2.64. The molecule has 0 radical (unpaired) electrons. The molecular weight excluding hydrogens is 326 g/mol. The van der Waals surface area contributed by atoms with Crippen molar-refractivity contribution in [3.63, 3.8) is 0 Å². The fourth-order valence-corrected chi connectivity index (χ4v) is 5.83. The minimum atomic E-state index is -0.857. The molecule has 26 heavy (non-hydrogen) atoms. The molecule has 2 saturated carbocycles. The molecule has 2 aliphatic carbocycles. The minimum absolute atomic E-state index is 0.161. The van der Waals surface area contributed by atoms with Crippen LogP contribution in [0.5, 0.6) is 5.75 Å². The van der Waals surface area contributed by atoms with Crippen molar-refractivity contribution in [3.8, 4) is 5.75 Å². The van der Waals surface area contributed by atoms with Crippen LogP contribution in [0.3, 0.4) is 0 Å². The molecule has 0 spiro atoms. The van der Waals surface area contributed by atoms with E-state index >= 15 is 0 Å². The number of carboxylic acids is 1. The molecule has 4 nitrogen and oxygen atoms in total. The zero-order valence-corrected chi connectivity index (χ0v) is 14.8. The van der Waals surface area contributed by atoms with Gasteiger partial charge >= 0.3 is 5.97 Å². The number of nitrogens with one attached hydrogen (secondary N) is 1. The van der Waals surface area contributed by atoms with Crippen LogP contribution in [0.1, 0.15) is 52.7 Å². The van der Waals surface area contributed by atoms with Gasteiger partial charge in [0.2, 0.25) is 0 Å². The van der Waals surface area contributed by atoms with E-state index in [1.54, 1.807) is 13.2 Å². The average Bonchev–Trinajstić information content (AvgIpc) is 3.29. The Hall–Kier alpha value is -2.49. The standard InChI is InChI=1S/C22H23NO3/c1-26-15-9-7-12(8-10-15)20-19-14-6-5-13(11-14)18(19)16-3-2-4-17(22(24)25)21(16)23-20/h2-4,7-10,13-14,18-20,23H,5-6,11H2,1H3,(H,24,25). The van der Waals surface area contributed by atoms with E-state index in [2.05, 4.69) is 23.5 Å². The zero-order chi connectivity index (χ0) is 17.8. The number of benzene rings is 2. The summed E-state index contributed by atoms with van der Waals surface area (Å²) in [5.41, 5.74) is 3.66. The second-order valence-electron chi connectivity index (χ2n) is 7.91. The predicted octanol–water partition coefficient (Wildman–Crippen LogP) is 4.69.